The number of amides is 1. The van der Waals surface area contributed by atoms with Gasteiger partial charge in [-0.05, 0) is 65.0 Å². The Balaban J connectivity index is 2.09. The van der Waals surface area contributed by atoms with Gasteiger partial charge in [0, 0.05) is 23.2 Å². The Labute approximate surface area is 164 Å². The number of rotatable bonds is 9. The average molecular weight is 391 g/mol. The summed E-state index contributed by atoms with van der Waals surface area (Å²) in [6.07, 6.45) is 2.11. The zero-order chi connectivity index (χ0) is 20.9. The molecule has 0 radical (unpaired) electrons. The lowest BCUT2D eigenvalue weighted by Gasteiger charge is -2.18. The summed E-state index contributed by atoms with van der Waals surface area (Å²) in [5.41, 5.74) is 2.94. The lowest BCUT2D eigenvalue weighted by molar-refractivity contribution is -0.117. The minimum absolute atomic E-state index is 0.0169. The van der Waals surface area contributed by atoms with Crippen molar-refractivity contribution in [2.45, 2.75) is 59.2 Å². The molecule has 0 aliphatic heterocycles. The molecule has 1 aromatic rings. The first-order valence-electron chi connectivity index (χ1n) is 9.11. The molecule has 1 aliphatic rings. The summed E-state index contributed by atoms with van der Waals surface area (Å²) in [7, 11) is 0. The average Bonchev–Trinajstić information content (AvgIpc) is 3.35. The van der Waals surface area contributed by atoms with E-state index < -0.39 is 6.61 Å². The third kappa shape index (κ3) is 5.90. The molecule has 5 nitrogen and oxygen atoms in total. The van der Waals surface area contributed by atoms with Crippen molar-refractivity contribution in [1.29, 1.82) is 0 Å². The third-order valence-electron chi connectivity index (χ3n) is 4.64. The highest BCUT2D eigenvalue weighted by Gasteiger charge is 2.38. The molecule has 0 saturated heterocycles. The zero-order valence-electron chi connectivity index (χ0n) is 16.7. The summed E-state index contributed by atoms with van der Waals surface area (Å²) in [6.45, 7) is 8.72. The number of hydrogen-bond donors (Lipinski definition) is 2. The molecule has 1 aliphatic carbocycles. The number of carbonyl (C=O) groups excluding carboxylic acids is 1. The van der Waals surface area contributed by atoms with E-state index >= 15 is 0 Å². The molecule has 0 heterocycles. The van der Waals surface area contributed by atoms with E-state index in [0.29, 0.717) is 11.4 Å². The lowest BCUT2D eigenvalue weighted by Crippen LogP contribution is -2.30. The smallest absolute Gasteiger partial charge is 0.387 e. The van der Waals surface area contributed by atoms with Gasteiger partial charge in [0.25, 0.3) is 5.91 Å². The quantitative estimate of drug-likeness (QED) is 0.374. The predicted molar refractivity (Wildman–Crippen MR) is 106 cm³/mol. The molecule has 152 valence electrons. The molecule has 7 heteroatoms. The summed E-state index contributed by atoms with van der Waals surface area (Å²) in [5.74, 6) is 0.462. The van der Waals surface area contributed by atoms with Crippen LogP contribution in [0.4, 0.5) is 8.78 Å². The van der Waals surface area contributed by atoms with Gasteiger partial charge in [-0.25, -0.2) is 4.99 Å². The molecule has 1 saturated carbocycles. The number of carbonyl (C=O) groups is 1. The number of benzene rings is 1. The van der Waals surface area contributed by atoms with Gasteiger partial charge < -0.3 is 15.4 Å². The molecule has 2 rings (SSSR count). The van der Waals surface area contributed by atoms with Crippen LogP contribution in [0.1, 0.15) is 46.1 Å². The van der Waals surface area contributed by atoms with Crippen molar-refractivity contribution in [3.63, 3.8) is 0 Å². The molecule has 0 spiro atoms. The highest BCUT2D eigenvalue weighted by molar-refractivity contribution is 5.98. The second-order valence-electron chi connectivity index (χ2n) is 7.40. The lowest BCUT2D eigenvalue weighted by atomic mass is 10.0. The molecular formula is C21H27F2N3O2. The van der Waals surface area contributed by atoms with Gasteiger partial charge >= 0.3 is 6.61 Å². The summed E-state index contributed by atoms with van der Waals surface area (Å²) in [4.78, 5) is 16.9. The number of allylic oxidation sites excluding steroid dienone is 1. The maximum absolute atomic E-state index is 12.8. The fourth-order valence-electron chi connectivity index (χ4n) is 2.80. The third-order valence-corrected chi connectivity index (χ3v) is 4.64. The normalized spacial score (nSPS) is 15.4. The number of nitrogens with zero attached hydrogens (tertiary/aromatic N) is 1. The van der Waals surface area contributed by atoms with Crippen LogP contribution in [0.2, 0.25) is 0 Å². The molecule has 1 aromatic carbocycles. The van der Waals surface area contributed by atoms with Crippen molar-refractivity contribution in [2.75, 3.05) is 0 Å². The van der Waals surface area contributed by atoms with Crippen LogP contribution < -0.4 is 15.4 Å². The van der Waals surface area contributed by atoms with E-state index in [9.17, 15) is 13.6 Å². The first kappa shape index (κ1) is 21.6. The van der Waals surface area contributed by atoms with Crippen LogP contribution in [0.15, 0.2) is 51.8 Å². The molecule has 2 N–H and O–H groups in total. The van der Waals surface area contributed by atoms with Gasteiger partial charge in [0.15, 0.2) is 0 Å². The fraction of sp³-hybridized carbons (Fsp3) is 0.429. The zero-order valence-corrected chi connectivity index (χ0v) is 16.7. The van der Waals surface area contributed by atoms with E-state index in [1.54, 1.807) is 12.1 Å². The summed E-state index contributed by atoms with van der Waals surface area (Å²) in [5, 5.41) is 6.23. The number of alkyl halides is 2. The molecule has 0 bridgehead atoms. The Morgan fingerprint density at radius 3 is 2.32 bits per heavy atom. The number of hydrogen-bond acceptors (Lipinski definition) is 4. The van der Waals surface area contributed by atoms with E-state index in [1.807, 2.05) is 20.8 Å². The van der Waals surface area contributed by atoms with E-state index in [1.165, 1.54) is 12.1 Å². The Morgan fingerprint density at radius 1 is 1.25 bits per heavy atom. The van der Waals surface area contributed by atoms with E-state index in [2.05, 4.69) is 34.0 Å². The van der Waals surface area contributed by atoms with Crippen LogP contribution in [-0.4, -0.2) is 24.8 Å². The Bertz CT molecular complexity index is 790. The van der Waals surface area contributed by atoms with Crippen LogP contribution in [0.5, 0.6) is 5.75 Å². The van der Waals surface area contributed by atoms with Gasteiger partial charge in [0.05, 0.1) is 0 Å². The van der Waals surface area contributed by atoms with E-state index in [4.69, 9.17) is 0 Å². The van der Waals surface area contributed by atoms with Gasteiger partial charge in [-0.15, -0.1) is 0 Å². The monoisotopic (exact) mass is 391 g/mol. The SMILES string of the molecule is C=N/C(NC1(C)CC1)=C(\C)C(C(=O)NCc1ccc(OC(F)F)cc1)=C(C)C. The molecule has 1 fully saturated rings. The standard InChI is InChI=1S/C21H27F2N3O2/c1-13(2)17(14(3)18(24-5)26-21(4)10-11-21)19(27)25-12-15-6-8-16(9-7-15)28-20(22)23/h6-9,20,26H,5,10-12H2,1-4H3,(H,25,27)/b18-14-. The molecule has 1 amide bonds. The van der Waals surface area contributed by atoms with E-state index in [-0.39, 0.29) is 23.7 Å². The highest BCUT2D eigenvalue weighted by atomic mass is 19.3. The Morgan fingerprint density at radius 2 is 1.86 bits per heavy atom. The van der Waals surface area contributed by atoms with Crippen molar-refractivity contribution in [3.8, 4) is 5.75 Å². The van der Waals surface area contributed by atoms with Crippen LogP contribution in [0, 0.1) is 0 Å². The summed E-state index contributed by atoms with van der Waals surface area (Å²) in [6, 6.07) is 6.16. The van der Waals surface area contributed by atoms with Gasteiger partial charge in [-0.2, -0.15) is 8.78 Å². The van der Waals surface area contributed by atoms with Crippen LogP contribution >= 0.6 is 0 Å². The maximum atomic E-state index is 12.8. The van der Waals surface area contributed by atoms with Crippen molar-refractivity contribution in [1.82, 2.24) is 10.6 Å². The second kappa shape index (κ2) is 8.99. The molecule has 28 heavy (non-hydrogen) atoms. The highest BCUT2D eigenvalue weighted by Crippen LogP contribution is 2.36. The number of ether oxygens (including phenoxy) is 1. The number of halogens is 2. The Kier molecular flexibility index (Phi) is 6.94. The topological polar surface area (TPSA) is 62.7 Å². The minimum atomic E-state index is -2.86. The van der Waals surface area contributed by atoms with Crippen LogP contribution in [0.3, 0.4) is 0 Å². The summed E-state index contributed by atoms with van der Waals surface area (Å²) < 4.78 is 28.7. The number of aliphatic imine (C=N–C) groups is 1. The molecular weight excluding hydrogens is 364 g/mol. The van der Waals surface area contributed by atoms with Crippen molar-refractivity contribution >= 4 is 12.6 Å². The van der Waals surface area contributed by atoms with Crippen LogP contribution in [0.25, 0.3) is 0 Å². The van der Waals surface area contributed by atoms with Crippen molar-refractivity contribution in [2.24, 2.45) is 4.99 Å². The van der Waals surface area contributed by atoms with E-state index in [0.717, 1.165) is 29.6 Å². The van der Waals surface area contributed by atoms with Crippen molar-refractivity contribution in [3.05, 3.63) is 52.4 Å². The minimum Gasteiger partial charge on any atom is -0.435 e. The number of nitrogens with one attached hydrogen (secondary N) is 2. The first-order valence-corrected chi connectivity index (χ1v) is 9.11. The van der Waals surface area contributed by atoms with Crippen molar-refractivity contribution < 1.29 is 18.3 Å². The van der Waals surface area contributed by atoms with Gasteiger partial charge in [-0.3, -0.25) is 4.79 Å². The molecule has 0 unspecified atom stereocenters. The largest absolute Gasteiger partial charge is 0.435 e. The summed E-state index contributed by atoms with van der Waals surface area (Å²) >= 11 is 0. The molecule has 0 atom stereocenters. The second-order valence-corrected chi connectivity index (χ2v) is 7.40. The molecule has 0 aromatic heterocycles. The first-order chi connectivity index (χ1) is 13.1. The fourth-order valence-corrected chi connectivity index (χ4v) is 2.80. The van der Waals surface area contributed by atoms with Gasteiger partial charge in [0.2, 0.25) is 0 Å². The van der Waals surface area contributed by atoms with Gasteiger partial charge in [0.1, 0.15) is 11.6 Å². The van der Waals surface area contributed by atoms with Crippen LogP contribution in [-0.2, 0) is 11.3 Å². The Hall–Kier alpha value is -2.70. The predicted octanol–water partition coefficient (Wildman–Crippen LogP) is 4.31. The maximum Gasteiger partial charge on any atom is 0.387 e. The van der Waals surface area contributed by atoms with Gasteiger partial charge in [-0.1, -0.05) is 17.7 Å².